The molecule has 4 heteroatoms. The topological polar surface area (TPSA) is 21.3 Å². The van der Waals surface area contributed by atoms with E-state index in [1.165, 1.54) is 37.8 Å². The zero-order valence-electron chi connectivity index (χ0n) is 13.0. The molecule has 0 radical (unpaired) electrons. The molecule has 2 nitrogen and oxygen atoms in total. The van der Waals surface area contributed by atoms with Gasteiger partial charge in [0.15, 0.2) is 0 Å². The quantitative estimate of drug-likeness (QED) is 0.795. The Balaban J connectivity index is 1.54. The van der Waals surface area contributed by atoms with Gasteiger partial charge < -0.3 is 10.1 Å². The Kier molecular flexibility index (Phi) is 5.52. The predicted molar refractivity (Wildman–Crippen MR) is 91.3 cm³/mol. The van der Waals surface area contributed by atoms with Crippen molar-refractivity contribution in [1.82, 2.24) is 5.32 Å². The zero-order chi connectivity index (χ0) is 16.1. The first-order valence-electron chi connectivity index (χ1n) is 8.10. The Morgan fingerprint density at radius 1 is 1.04 bits per heavy atom. The second kappa shape index (κ2) is 7.80. The first-order valence-corrected chi connectivity index (χ1v) is 8.47. The van der Waals surface area contributed by atoms with Gasteiger partial charge in [0.2, 0.25) is 0 Å². The monoisotopic (exact) mass is 333 g/mol. The fraction of sp³-hybridized carbons (Fsp3) is 0.368. The Hall–Kier alpha value is -1.58. The highest BCUT2D eigenvalue weighted by molar-refractivity contribution is 6.32. The normalized spacial score (nSPS) is 15.0. The van der Waals surface area contributed by atoms with E-state index in [1.807, 2.05) is 18.2 Å². The fourth-order valence-corrected chi connectivity index (χ4v) is 3.16. The molecule has 0 saturated heterocycles. The van der Waals surface area contributed by atoms with E-state index in [2.05, 4.69) is 5.32 Å². The van der Waals surface area contributed by atoms with E-state index in [0.717, 1.165) is 17.7 Å². The third-order valence-electron chi connectivity index (χ3n) is 4.25. The number of halogens is 2. The van der Waals surface area contributed by atoms with Gasteiger partial charge in [0.1, 0.15) is 18.2 Å². The summed E-state index contributed by atoms with van der Waals surface area (Å²) in [6.07, 6.45) is 5.20. The standard InChI is InChI=1S/C19H21ClFNO/c20-18-11-15(12-22-17-3-1-2-4-17)7-10-19(18)23-13-14-5-8-16(21)9-6-14/h5-11,17,22H,1-4,12-13H2. The summed E-state index contributed by atoms with van der Waals surface area (Å²) in [7, 11) is 0. The number of hydrogen-bond donors (Lipinski definition) is 1. The van der Waals surface area contributed by atoms with Gasteiger partial charge in [0.05, 0.1) is 5.02 Å². The van der Waals surface area contributed by atoms with Crippen LogP contribution in [0.5, 0.6) is 5.75 Å². The lowest BCUT2D eigenvalue weighted by molar-refractivity contribution is 0.306. The molecule has 1 saturated carbocycles. The minimum Gasteiger partial charge on any atom is -0.487 e. The maximum Gasteiger partial charge on any atom is 0.138 e. The second-order valence-electron chi connectivity index (χ2n) is 6.04. The molecule has 0 aromatic heterocycles. The molecule has 0 spiro atoms. The number of ether oxygens (including phenoxy) is 1. The van der Waals surface area contributed by atoms with Crippen LogP contribution in [0.3, 0.4) is 0 Å². The van der Waals surface area contributed by atoms with Crippen LogP contribution >= 0.6 is 11.6 Å². The Morgan fingerprint density at radius 2 is 1.74 bits per heavy atom. The second-order valence-corrected chi connectivity index (χ2v) is 6.45. The molecule has 0 heterocycles. The molecular formula is C19H21ClFNO. The van der Waals surface area contributed by atoms with Crippen molar-refractivity contribution in [2.75, 3.05) is 0 Å². The summed E-state index contributed by atoms with van der Waals surface area (Å²) in [5.41, 5.74) is 2.07. The van der Waals surface area contributed by atoms with E-state index in [0.29, 0.717) is 23.4 Å². The van der Waals surface area contributed by atoms with Crippen LogP contribution in [-0.2, 0) is 13.2 Å². The van der Waals surface area contributed by atoms with Gasteiger partial charge in [-0.3, -0.25) is 0 Å². The van der Waals surface area contributed by atoms with Crippen LogP contribution in [0.15, 0.2) is 42.5 Å². The van der Waals surface area contributed by atoms with Crippen LogP contribution in [0.25, 0.3) is 0 Å². The summed E-state index contributed by atoms with van der Waals surface area (Å²) in [5.74, 6) is 0.409. The molecule has 0 unspecified atom stereocenters. The van der Waals surface area contributed by atoms with Gasteiger partial charge in [-0.2, -0.15) is 0 Å². The smallest absolute Gasteiger partial charge is 0.138 e. The lowest BCUT2D eigenvalue weighted by atomic mass is 10.2. The predicted octanol–water partition coefficient (Wildman–Crippen LogP) is 5.09. The van der Waals surface area contributed by atoms with Crippen molar-refractivity contribution >= 4 is 11.6 Å². The van der Waals surface area contributed by atoms with Crippen molar-refractivity contribution in [3.05, 3.63) is 64.4 Å². The highest BCUT2D eigenvalue weighted by Gasteiger charge is 2.14. The number of nitrogens with one attached hydrogen (secondary N) is 1. The summed E-state index contributed by atoms with van der Waals surface area (Å²) >= 11 is 6.30. The third kappa shape index (κ3) is 4.69. The average molecular weight is 334 g/mol. The SMILES string of the molecule is Fc1ccc(COc2ccc(CNC3CCCC3)cc2Cl)cc1. The van der Waals surface area contributed by atoms with E-state index >= 15 is 0 Å². The van der Waals surface area contributed by atoms with Crippen LogP contribution in [0.1, 0.15) is 36.8 Å². The van der Waals surface area contributed by atoms with Crippen LogP contribution in [-0.4, -0.2) is 6.04 Å². The first kappa shape index (κ1) is 16.3. The van der Waals surface area contributed by atoms with Crippen LogP contribution in [0.4, 0.5) is 4.39 Å². The molecular weight excluding hydrogens is 313 g/mol. The first-order chi connectivity index (χ1) is 11.2. The third-order valence-corrected chi connectivity index (χ3v) is 4.55. The van der Waals surface area contributed by atoms with E-state index in [4.69, 9.17) is 16.3 Å². The number of hydrogen-bond acceptors (Lipinski definition) is 2. The van der Waals surface area contributed by atoms with E-state index in [9.17, 15) is 4.39 Å². The summed E-state index contributed by atoms with van der Waals surface area (Å²) < 4.78 is 18.6. The van der Waals surface area contributed by atoms with Crippen molar-refractivity contribution in [1.29, 1.82) is 0 Å². The lowest BCUT2D eigenvalue weighted by Gasteiger charge is -2.13. The molecule has 2 aromatic carbocycles. The van der Waals surface area contributed by atoms with Crippen molar-refractivity contribution in [2.45, 2.75) is 44.9 Å². The highest BCUT2D eigenvalue weighted by Crippen LogP contribution is 2.27. The van der Waals surface area contributed by atoms with Crippen LogP contribution in [0, 0.1) is 5.82 Å². The van der Waals surface area contributed by atoms with Gasteiger partial charge in [-0.15, -0.1) is 0 Å². The largest absolute Gasteiger partial charge is 0.487 e. The minimum absolute atomic E-state index is 0.245. The van der Waals surface area contributed by atoms with Crippen molar-refractivity contribution in [2.24, 2.45) is 0 Å². The summed E-state index contributed by atoms with van der Waals surface area (Å²) in [6.45, 7) is 1.21. The molecule has 0 bridgehead atoms. The maximum absolute atomic E-state index is 12.9. The van der Waals surface area contributed by atoms with E-state index in [1.54, 1.807) is 12.1 Å². The van der Waals surface area contributed by atoms with E-state index in [-0.39, 0.29) is 5.82 Å². The minimum atomic E-state index is -0.245. The molecule has 1 aliphatic rings. The van der Waals surface area contributed by atoms with Gasteiger partial charge in [-0.05, 0) is 48.2 Å². The molecule has 0 amide bonds. The zero-order valence-corrected chi connectivity index (χ0v) is 13.8. The van der Waals surface area contributed by atoms with E-state index < -0.39 is 0 Å². The molecule has 23 heavy (non-hydrogen) atoms. The highest BCUT2D eigenvalue weighted by atomic mass is 35.5. The molecule has 0 aliphatic heterocycles. The fourth-order valence-electron chi connectivity index (χ4n) is 2.91. The maximum atomic E-state index is 12.9. The summed E-state index contributed by atoms with van der Waals surface area (Å²) in [6, 6.07) is 12.8. The molecule has 1 N–H and O–H groups in total. The molecule has 122 valence electrons. The van der Waals surface area contributed by atoms with Gasteiger partial charge >= 0.3 is 0 Å². The lowest BCUT2D eigenvalue weighted by Crippen LogP contribution is -2.25. The molecule has 0 atom stereocenters. The van der Waals surface area contributed by atoms with Crippen LogP contribution < -0.4 is 10.1 Å². The van der Waals surface area contributed by atoms with Gasteiger partial charge in [-0.25, -0.2) is 4.39 Å². The summed E-state index contributed by atoms with van der Waals surface area (Å²) in [4.78, 5) is 0. The van der Waals surface area contributed by atoms with Crippen LogP contribution in [0.2, 0.25) is 5.02 Å². The Labute approximate surface area is 141 Å². The Bertz CT molecular complexity index is 638. The molecule has 2 aromatic rings. The van der Waals surface area contributed by atoms with Gasteiger partial charge in [0.25, 0.3) is 0 Å². The molecule has 3 rings (SSSR count). The number of rotatable bonds is 6. The van der Waals surface area contributed by atoms with Gasteiger partial charge in [-0.1, -0.05) is 42.6 Å². The average Bonchev–Trinajstić information content (AvgIpc) is 3.07. The molecule has 1 fully saturated rings. The van der Waals surface area contributed by atoms with Crippen molar-refractivity contribution in [3.63, 3.8) is 0 Å². The molecule has 1 aliphatic carbocycles. The van der Waals surface area contributed by atoms with Crippen molar-refractivity contribution in [3.8, 4) is 5.75 Å². The van der Waals surface area contributed by atoms with Gasteiger partial charge in [0, 0.05) is 12.6 Å². The number of benzene rings is 2. The Morgan fingerprint density at radius 3 is 2.43 bits per heavy atom. The van der Waals surface area contributed by atoms with Crippen molar-refractivity contribution < 1.29 is 9.13 Å². The summed E-state index contributed by atoms with van der Waals surface area (Å²) in [5, 5.41) is 4.18.